The van der Waals surface area contributed by atoms with Crippen molar-refractivity contribution < 1.29 is 34.5 Å². The number of aliphatic carboxylic acids is 1. The fourth-order valence-electron chi connectivity index (χ4n) is 9.14. The van der Waals surface area contributed by atoms with Gasteiger partial charge in [-0.25, -0.2) is 0 Å². The average Bonchev–Trinajstić information content (AvgIpc) is 3.43. The number of amides is 3. The van der Waals surface area contributed by atoms with Gasteiger partial charge >= 0.3 is 5.97 Å². The number of allylic oxidation sites excluding steroid dienone is 1. The highest BCUT2D eigenvalue weighted by molar-refractivity contribution is 8.00. The van der Waals surface area contributed by atoms with Gasteiger partial charge in [-0.15, -0.1) is 23.5 Å². The first-order valence-corrected chi connectivity index (χ1v) is 26.8. The van der Waals surface area contributed by atoms with E-state index in [-0.39, 0.29) is 18.6 Å². The molecule has 6 N–H and O–H groups in total. The van der Waals surface area contributed by atoms with Gasteiger partial charge < -0.3 is 31.3 Å². The lowest BCUT2D eigenvalue weighted by molar-refractivity contribution is -0.140. The van der Waals surface area contributed by atoms with Crippen LogP contribution in [0.5, 0.6) is 0 Å². The van der Waals surface area contributed by atoms with Crippen LogP contribution in [0.3, 0.4) is 0 Å². The lowest BCUT2D eigenvalue weighted by Crippen LogP contribution is -2.57. The summed E-state index contributed by atoms with van der Waals surface area (Å²) in [6, 6.07) is 66.5. The van der Waals surface area contributed by atoms with Crippen molar-refractivity contribution in [3.05, 3.63) is 263 Å². The molecule has 7 aromatic rings. The van der Waals surface area contributed by atoms with Gasteiger partial charge in [0, 0.05) is 5.75 Å². The molecule has 0 aromatic heterocycles. The number of aliphatic hydroxyl groups excluding tert-OH is 2. The minimum atomic E-state index is -1.46. The summed E-state index contributed by atoms with van der Waals surface area (Å²) in [5.74, 6) is -2.40. The molecule has 0 saturated carbocycles. The molecule has 10 nitrogen and oxygen atoms in total. The van der Waals surface area contributed by atoms with Gasteiger partial charge in [0.15, 0.2) is 0 Å². The maximum Gasteiger partial charge on any atom is 0.306 e. The second-order valence-electron chi connectivity index (χ2n) is 18.0. The minimum absolute atomic E-state index is 0.00889. The van der Waals surface area contributed by atoms with Crippen LogP contribution in [0.2, 0.25) is 0 Å². The van der Waals surface area contributed by atoms with Gasteiger partial charge in [-0.3, -0.25) is 19.2 Å². The van der Waals surface area contributed by atoms with E-state index in [1.165, 1.54) is 18.7 Å². The number of hydrogen-bond donors (Lipinski definition) is 6. The quantitative estimate of drug-likeness (QED) is 0.0176. The largest absolute Gasteiger partial charge is 0.481 e. The molecule has 0 fully saturated rings. The number of thioether (sulfide) groups is 2. The van der Waals surface area contributed by atoms with Gasteiger partial charge in [0.05, 0.1) is 40.6 Å². The summed E-state index contributed by atoms with van der Waals surface area (Å²) in [4.78, 5) is 54.1. The third-order valence-electron chi connectivity index (χ3n) is 12.8. The average molecular weight is 1030 g/mol. The highest BCUT2D eigenvalue weighted by atomic mass is 32.2. The van der Waals surface area contributed by atoms with Crippen LogP contribution in [-0.2, 0) is 35.1 Å². The molecule has 12 heteroatoms. The Morgan fingerprint density at radius 3 is 1.31 bits per heavy atom. The van der Waals surface area contributed by atoms with Crippen molar-refractivity contribution in [2.45, 2.75) is 72.4 Å². The molecule has 0 aliphatic heterocycles. The van der Waals surface area contributed by atoms with E-state index in [0.717, 1.165) is 38.9 Å². The van der Waals surface area contributed by atoms with Crippen LogP contribution in [0.15, 0.2) is 224 Å². The van der Waals surface area contributed by atoms with Crippen LogP contribution in [0.25, 0.3) is 0 Å². The van der Waals surface area contributed by atoms with Crippen LogP contribution in [-0.4, -0.2) is 80.8 Å². The van der Waals surface area contributed by atoms with E-state index in [0.29, 0.717) is 12.2 Å². The number of carbonyl (C=O) groups is 4. The molecule has 0 radical (unpaired) electrons. The van der Waals surface area contributed by atoms with Gasteiger partial charge in [-0.1, -0.05) is 224 Å². The fourth-order valence-corrected chi connectivity index (χ4v) is 12.2. The predicted octanol–water partition coefficient (Wildman–Crippen LogP) is 9.69. The lowest BCUT2D eigenvalue weighted by atomic mass is 9.84. The van der Waals surface area contributed by atoms with Crippen LogP contribution in [0.4, 0.5) is 0 Å². The number of nitrogens with one attached hydrogen (secondary N) is 3. The van der Waals surface area contributed by atoms with E-state index in [1.807, 2.05) is 182 Å². The van der Waals surface area contributed by atoms with E-state index >= 15 is 0 Å². The molecule has 74 heavy (non-hydrogen) atoms. The molecule has 0 saturated heterocycles. The monoisotopic (exact) mass is 1030 g/mol. The Morgan fingerprint density at radius 1 is 0.514 bits per heavy atom. The summed E-state index contributed by atoms with van der Waals surface area (Å²) in [5, 5.41) is 40.4. The molecule has 0 bridgehead atoms. The standard InChI is InChI=1S/C62H63N3O7S2/c1-45(63-57(68)42-53(66)39-23-24-40-73-61(47-27-11-3-12-28-47,48-29-13-4-14-30-48)49-31-15-5-16-32-49)59(71)65-55(60(72)64-54(56(67)43-58(69)70)41-46-25-9-2-10-26-46)44-74-62(50-33-17-6-18-34-50,51-35-19-7-20-36-51)52-37-21-8-22-38-52/h2-23,25-39,45,53-56,66-67H,24,40-44H2,1H3,(H,63,68)(H,64,72)(H,65,71)(H,69,70)/t45-,53-,54-,55-,56+/m1/s1. The molecule has 0 heterocycles. The van der Waals surface area contributed by atoms with E-state index in [1.54, 1.807) is 17.8 Å². The Morgan fingerprint density at radius 2 is 0.905 bits per heavy atom. The number of carbonyl (C=O) groups excluding carboxylic acids is 3. The zero-order valence-electron chi connectivity index (χ0n) is 41.3. The molecule has 0 spiro atoms. The fraction of sp³-hybridized carbons (Fsp3) is 0.226. The minimum Gasteiger partial charge on any atom is -0.481 e. The third-order valence-corrected chi connectivity index (χ3v) is 16.0. The van der Waals surface area contributed by atoms with Gasteiger partial charge in [0.25, 0.3) is 0 Å². The highest BCUT2D eigenvalue weighted by Crippen LogP contribution is 2.50. The first kappa shape index (κ1) is 54.6. The molecule has 7 rings (SSSR count). The summed E-state index contributed by atoms with van der Waals surface area (Å²) in [5.41, 5.74) is 6.99. The van der Waals surface area contributed by atoms with Crippen LogP contribution >= 0.6 is 23.5 Å². The SMILES string of the molecule is C[C@@H](NC(=O)C[C@H](O)C=CCCSC(c1ccccc1)(c1ccccc1)c1ccccc1)C(=O)N[C@H](CSC(c1ccccc1)(c1ccccc1)c1ccccc1)C(=O)N[C@H](Cc1ccccc1)[C@@H](O)CC(=O)O. The Labute approximate surface area is 442 Å². The van der Waals surface area contributed by atoms with Gasteiger partial charge in [0.2, 0.25) is 17.7 Å². The molecule has 380 valence electrons. The van der Waals surface area contributed by atoms with Crippen LogP contribution < -0.4 is 16.0 Å². The topological polar surface area (TPSA) is 165 Å². The van der Waals surface area contributed by atoms with Gasteiger partial charge in [-0.05, 0) is 64.5 Å². The number of carboxylic acids is 1. The molecule has 0 unspecified atom stereocenters. The molecule has 0 aliphatic carbocycles. The summed E-state index contributed by atoms with van der Waals surface area (Å²) in [6.07, 6.45) is 0.678. The van der Waals surface area contributed by atoms with E-state index in [9.17, 15) is 34.5 Å². The van der Waals surface area contributed by atoms with E-state index in [4.69, 9.17) is 0 Å². The van der Waals surface area contributed by atoms with Crippen molar-refractivity contribution in [3.8, 4) is 0 Å². The maximum atomic E-state index is 14.7. The van der Waals surface area contributed by atoms with Crippen molar-refractivity contribution in [3.63, 3.8) is 0 Å². The number of rotatable bonds is 26. The van der Waals surface area contributed by atoms with Gasteiger partial charge in [0.1, 0.15) is 12.1 Å². The zero-order chi connectivity index (χ0) is 52.2. The van der Waals surface area contributed by atoms with Crippen LogP contribution in [0.1, 0.15) is 65.1 Å². The second-order valence-corrected chi connectivity index (χ2v) is 20.6. The number of benzene rings is 7. The van der Waals surface area contributed by atoms with Crippen molar-refractivity contribution >= 4 is 47.2 Å². The van der Waals surface area contributed by atoms with Crippen molar-refractivity contribution in [2.24, 2.45) is 0 Å². The smallest absolute Gasteiger partial charge is 0.306 e. The normalized spacial score (nSPS) is 13.7. The van der Waals surface area contributed by atoms with Gasteiger partial charge in [-0.2, -0.15) is 0 Å². The first-order valence-electron chi connectivity index (χ1n) is 24.8. The van der Waals surface area contributed by atoms with E-state index < -0.39 is 69.9 Å². The van der Waals surface area contributed by atoms with Crippen molar-refractivity contribution in [2.75, 3.05) is 11.5 Å². The number of hydrogen-bond acceptors (Lipinski definition) is 8. The zero-order valence-corrected chi connectivity index (χ0v) is 42.9. The molecular weight excluding hydrogens is 963 g/mol. The Kier molecular flexibility index (Phi) is 20.0. The second kappa shape index (κ2) is 27.2. The molecule has 5 atom stereocenters. The van der Waals surface area contributed by atoms with E-state index in [2.05, 4.69) is 52.3 Å². The third kappa shape index (κ3) is 14.3. The Hall–Kier alpha value is -7.22. The maximum absolute atomic E-state index is 14.7. The summed E-state index contributed by atoms with van der Waals surface area (Å²) >= 11 is 3.24. The summed E-state index contributed by atoms with van der Waals surface area (Å²) in [6.45, 7) is 1.50. The van der Waals surface area contributed by atoms with Crippen molar-refractivity contribution in [1.29, 1.82) is 0 Å². The lowest BCUT2D eigenvalue weighted by Gasteiger charge is -2.37. The number of carboxylic acid groups (broad SMARTS) is 1. The Bertz CT molecular complexity index is 2670. The predicted molar refractivity (Wildman–Crippen MR) is 298 cm³/mol. The Balaban J connectivity index is 1.06. The molecule has 7 aromatic carbocycles. The first-order chi connectivity index (χ1) is 36.0. The summed E-state index contributed by atoms with van der Waals surface area (Å²) in [7, 11) is 0. The van der Waals surface area contributed by atoms with Crippen LogP contribution in [0, 0.1) is 0 Å². The molecular formula is C62H63N3O7S2. The van der Waals surface area contributed by atoms with Crippen molar-refractivity contribution in [1.82, 2.24) is 16.0 Å². The number of aliphatic hydroxyl groups is 2. The highest BCUT2D eigenvalue weighted by Gasteiger charge is 2.40. The molecule has 0 aliphatic rings. The summed E-state index contributed by atoms with van der Waals surface area (Å²) < 4.78 is -1.37. The molecule has 3 amide bonds.